The Labute approximate surface area is 145 Å². The fourth-order valence-electron chi connectivity index (χ4n) is 1.57. The van der Waals surface area contributed by atoms with E-state index in [1.54, 1.807) is 0 Å². The molecule has 0 aliphatic heterocycles. The van der Waals surface area contributed by atoms with E-state index in [2.05, 4.69) is 4.74 Å². The highest BCUT2D eigenvalue weighted by Gasteiger charge is 2.91. The molecule has 1 aromatic rings. The second kappa shape index (κ2) is 6.69. The molecule has 0 saturated carbocycles. The molecule has 0 saturated heterocycles. The van der Waals surface area contributed by atoms with Crippen LogP contribution in [0.2, 0.25) is 0 Å². The molecular weight excluding hydrogens is 435 g/mol. The third-order valence-corrected chi connectivity index (χ3v) is 3.13. The lowest BCUT2D eigenvalue weighted by Gasteiger charge is -2.38. The van der Waals surface area contributed by atoms with Crippen molar-refractivity contribution in [1.29, 1.82) is 0 Å². The third-order valence-electron chi connectivity index (χ3n) is 3.13. The van der Waals surface area contributed by atoms with Gasteiger partial charge in [0.1, 0.15) is 0 Å². The molecule has 1 aromatic carbocycles. The summed E-state index contributed by atoms with van der Waals surface area (Å²) in [5.41, 5.74) is -0.978. The van der Waals surface area contributed by atoms with E-state index in [0.29, 0.717) is 12.1 Å². The van der Waals surface area contributed by atoms with Gasteiger partial charge >= 0.3 is 41.9 Å². The normalized spacial score (nSPS) is 14.8. The summed E-state index contributed by atoms with van der Waals surface area (Å²) in [6.45, 7) is 0. The molecule has 28 heavy (non-hydrogen) atoms. The predicted octanol–water partition coefficient (Wildman–Crippen LogP) is 5.54. The first-order valence-electron chi connectivity index (χ1n) is 6.48. The molecule has 0 atom stereocenters. The maximum atomic E-state index is 13.3. The molecule has 2 nitrogen and oxygen atoms in total. The summed E-state index contributed by atoms with van der Waals surface area (Å²) in [4.78, 5) is 11.2. The molecule has 0 aliphatic rings. The van der Waals surface area contributed by atoms with Crippen molar-refractivity contribution in [3.05, 3.63) is 35.9 Å². The van der Waals surface area contributed by atoms with Crippen LogP contribution >= 0.6 is 0 Å². The lowest BCUT2D eigenvalue weighted by molar-refractivity contribution is -0.459. The quantitative estimate of drug-likeness (QED) is 0.429. The number of hydrogen-bond donors (Lipinski definition) is 0. The number of rotatable bonds is 6. The Morgan fingerprint density at radius 2 is 1.00 bits per heavy atom. The first kappa shape index (κ1) is 23.8. The summed E-state index contributed by atoms with van der Waals surface area (Å²) in [5.74, 6) is -34.1. The van der Waals surface area contributed by atoms with Gasteiger partial charge in [0.2, 0.25) is 0 Å². The number of benzene rings is 1. The van der Waals surface area contributed by atoms with Gasteiger partial charge in [-0.05, 0) is 12.1 Å². The topological polar surface area (TPSA) is 26.3 Å². The van der Waals surface area contributed by atoms with Gasteiger partial charge in [-0.3, -0.25) is 0 Å². The van der Waals surface area contributed by atoms with Gasteiger partial charge in [0.25, 0.3) is 0 Å². The van der Waals surface area contributed by atoms with Crippen molar-refractivity contribution in [2.75, 3.05) is 0 Å². The summed E-state index contributed by atoms with van der Waals surface area (Å²) in [7, 11) is 0. The highest BCUT2D eigenvalue weighted by Crippen LogP contribution is 2.60. The number of esters is 1. The molecule has 1 rings (SSSR count). The van der Waals surface area contributed by atoms with Gasteiger partial charge in [0, 0.05) is 0 Å². The van der Waals surface area contributed by atoms with Gasteiger partial charge in [-0.2, -0.15) is 57.1 Å². The van der Waals surface area contributed by atoms with Crippen LogP contribution in [-0.2, 0) is 4.74 Å². The van der Waals surface area contributed by atoms with E-state index in [-0.39, 0.29) is 0 Å². The molecule has 0 unspecified atom stereocenters. The third kappa shape index (κ3) is 3.45. The van der Waals surface area contributed by atoms with Crippen LogP contribution in [0.15, 0.2) is 30.3 Å². The zero-order valence-corrected chi connectivity index (χ0v) is 12.6. The lowest BCUT2D eigenvalue weighted by atomic mass is 9.97. The van der Waals surface area contributed by atoms with Crippen LogP contribution in [0.4, 0.5) is 57.1 Å². The van der Waals surface area contributed by atoms with Crippen molar-refractivity contribution in [2.45, 2.75) is 36.0 Å². The molecule has 0 N–H and O–H groups in total. The minimum Gasteiger partial charge on any atom is -0.392 e. The van der Waals surface area contributed by atoms with Crippen molar-refractivity contribution in [2.24, 2.45) is 0 Å². The summed E-state index contributed by atoms with van der Waals surface area (Å²) in [6.07, 6.45) is -14.4. The SMILES string of the molecule is O=C(OC(F)(F)C(F)(F)C(F)(F)C(F)(F)C(F)(F)C(F)(F)F)c1ccccc1. The molecule has 0 radical (unpaired) electrons. The van der Waals surface area contributed by atoms with Crippen LogP contribution in [0.5, 0.6) is 0 Å². The van der Waals surface area contributed by atoms with Crippen molar-refractivity contribution in [1.82, 2.24) is 0 Å². The van der Waals surface area contributed by atoms with E-state index in [9.17, 15) is 61.9 Å². The maximum absolute atomic E-state index is 13.3. The van der Waals surface area contributed by atoms with Crippen molar-refractivity contribution >= 4 is 5.97 Å². The van der Waals surface area contributed by atoms with Crippen molar-refractivity contribution in [3.63, 3.8) is 0 Å². The number of halogens is 13. The minimum atomic E-state index is -8.05. The van der Waals surface area contributed by atoms with E-state index in [1.807, 2.05) is 0 Å². The summed E-state index contributed by atoms with van der Waals surface area (Å²) >= 11 is 0. The van der Waals surface area contributed by atoms with Crippen LogP contribution in [0.3, 0.4) is 0 Å². The number of ether oxygens (including phenoxy) is 1. The van der Waals surface area contributed by atoms with Gasteiger partial charge in [0.15, 0.2) is 0 Å². The van der Waals surface area contributed by atoms with Crippen LogP contribution in [0.25, 0.3) is 0 Å². The van der Waals surface area contributed by atoms with Gasteiger partial charge in [0.05, 0.1) is 5.56 Å². The monoisotopic (exact) mass is 440 g/mol. The number of alkyl halides is 13. The second-order valence-electron chi connectivity index (χ2n) is 5.07. The fraction of sp³-hybridized carbons (Fsp3) is 0.462. The average molecular weight is 440 g/mol. The molecule has 15 heteroatoms. The second-order valence-corrected chi connectivity index (χ2v) is 5.07. The highest BCUT2D eigenvalue weighted by atomic mass is 19.4. The molecule has 0 aromatic heterocycles. The van der Waals surface area contributed by atoms with Gasteiger partial charge in [-0.15, -0.1) is 0 Å². The van der Waals surface area contributed by atoms with Crippen LogP contribution < -0.4 is 0 Å². The van der Waals surface area contributed by atoms with E-state index >= 15 is 0 Å². The Morgan fingerprint density at radius 3 is 1.39 bits per heavy atom. The zero-order valence-electron chi connectivity index (χ0n) is 12.6. The summed E-state index contributed by atoms with van der Waals surface area (Å²) in [6, 6.07) is 4.30. The zero-order chi connectivity index (χ0) is 22.4. The van der Waals surface area contributed by atoms with Crippen LogP contribution in [-0.4, -0.2) is 41.9 Å². The fourth-order valence-corrected chi connectivity index (χ4v) is 1.57. The first-order chi connectivity index (χ1) is 12.2. The Bertz CT molecular complexity index is 709. The average Bonchev–Trinajstić information content (AvgIpc) is 2.53. The number of carbonyl (C=O) groups excluding carboxylic acids is 1. The molecule has 0 fully saturated rings. The molecule has 160 valence electrons. The molecule has 0 spiro atoms. The van der Waals surface area contributed by atoms with Gasteiger partial charge in [-0.1, -0.05) is 18.2 Å². The Kier molecular flexibility index (Phi) is 5.69. The predicted molar refractivity (Wildman–Crippen MR) is 62.6 cm³/mol. The Hall–Kier alpha value is -2.22. The first-order valence-corrected chi connectivity index (χ1v) is 6.48. The van der Waals surface area contributed by atoms with Crippen molar-refractivity contribution in [3.8, 4) is 0 Å². The van der Waals surface area contributed by atoms with Gasteiger partial charge < -0.3 is 4.74 Å². The minimum absolute atomic E-state index is 0.626. The summed E-state index contributed by atoms with van der Waals surface area (Å²) < 4.78 is 169. The number of carbonyl (C=O) groups is 1. The van der Waals surface area contributed by atoms with Crippen molar-refractivity contribution < 1.29 is 66.6 Å². The molecular formula is C13H5F13O2. The summed E-state index contributed by atoms with van der Waals surface area (Å²) in [5, 5.41) is 0. The Morgan fingerprint density at radius 1 is 0.607 bits per heavy atom. The molecule has 0 bridgehead atoms. The van der Waals surface area contributed by atoms with Gasteiger partial charge in [-0.25, -0.2) is 4.79 Å². The molecule has 0 amide bonds. The molecule has 0 heterocycles. The van der Waals surface area contributed by atoms with E-state index < -0.39 is 47.5 Å². The van der Waals surface area contributed by atoms with Crippen LogP contribution in [0.1, 0.15) is 10.4 Å². The smallest absolute Gasteiger partial charge is 0.392 e. The van der Waals surface area contributed by atoms with Crippen LogP contribution in [0, 0.1) is 0 Å². The number of hydrogen-bond acceptors (Lipinski definition) is 2. The maximum Gasteiger partial charge on any atom is 0.473 e. The Balaban J connectivity index is 3.35. The largest absolute Gasteiger partial charge is 0.473 e. The van der Waals surface area contributed by atoms with E-state index in [4.69, 9.17) is 0 Å². The standard InChI is InChI=1S/C13H5F13O2/c14-8(15,10(18,19)12(22,23)24)9(16,17)11(20,21)13(25,26)28-7(27)6-4-2-1-3-5-6/h1-5H. The van der Waals surface area contributed by atoms with E-state index in [1.165, 1.54) is 0 Å². The highest BCUT2D eigenvalue weighted by molar-refractivity contribution is 5.89. The molecule has 0 aliphatic carbocycles. The van der Waals surface area contributed by atoms with E-state index in [0.717, 1.165) is 18.2 Å². The lowest BCUT2D eigenvalue weighted by Crippen LogP contribution is -2.70.